The molecule has 1 saturated heterocycles. The lowest BCUT2D eigenvalue weighted by molar-refractivity contribution is -0.137. The first-order chi connectivity index (χ1) is 12.0. The Labute approximate surface area is 144 Å². The fourth-order valence-corrected chi connectivity index (χ4v) is 3.35. The largest absolute Gasteiger partial charge is 0.416 e. The van der Waals surface area contributed by atoms with Crippen molar-refractivity contribution in [3.8, 4) is 22.2 Å². The molecule has 1 aromatic carbocycles. The van der Waals surface area contributed by atoms with Crippen molar-refractivity contribution in [2.75, 3.05) is 13.2 Å². The number of nitrogens with zero attached hydrogens (tertiary/aromatic N) is 3. The predicted molar refractivity (Wildman–Crippen MR) is 84.0 cm³/mol. The highest BCUT2D eigenvalue weighted by Gasteiger charge is 2.30. The Balaban J connectivity index is 1.56. The molecule has 1 aliphatic heterocycles. The summed E-state index contributed by atoms with van der Waals surface area (Å²) in [5.74, 6) is 1.03. The first-order valence-electron chi connectivity index (χ1n) is 7.55. The lowest BCUT2D eigenvalue weighted by Crippen LogP contribution is -2.03. The molecule has 3 heterocycles. The molecule has 0 saturated carbocycles. The normalized spacial score (nSPS) is 18.0. The molecule has 4 rings (SSSR count). The number of ether oxygens (including phenoxy) is 1. The van der Waals surface area contributed by atoms with E-state index in [1.165, 1.54) is 23.5 Å². The van der Waals surface area contributed by atoms with Crippen molar-refractivity contribution in [3.63, 3.8) is 0 Å². The van der Waals surface area contributed by atoms with Gasteiger partial charge in [0.05, 0.1) is 12.2 Å². The van der Waals surface area contributed by atoms with Gasteiger partial charge in [0.1, 0.15) is 10.7 Å². The topological polar surface area (TPSA) is 61.0 Å². The van der Waals surface area contributed by atoms with Crippen LogP contribution in [-0.2, 0) is 10.9 Å². The number of aromatic nitrogens is 3. The van der Waals surface area contributed by atoms with E-state index in [1.807, 2.05) is 0 Å². The number of hydrogen-bond acceptors (Lipinski definition) is 6. The number of hydrogen-bond donors (Lipinski definition) is 0. The van der Waals surface area contributed by atoms with Gasteiger partial charge in [-0.25, -0.2) is 4.98 Å². The number of benzene rings is 1. The zero-order valence-electron chi connectivity index (χ0n) is 12.8. The second-order valence-corrected chi connectivity index (χ2v) is 6.49. The van der Waals surface area contributed by atoms with Crippen molar-refractivity contribution in [3.05, 3.63) is 41.0 Å². The molecule has 0 radical (unpaired) electrons. The highest BCUT2D eigenvalue weighted by Crippen LogP contribution is 2.33. The van der Waals surface area contributed by atoms with E-state index < -0.39 is 11.7 Å². The zero-order chi connectivity index (χ0) is 17.4. The molecule has 0 spiro atoms. The van der Waals surface area contributed by atoms with Crippen LogP contribution in [0.25, 0.3) is 22.2 Å². The van der Waals surface area contributed by atoms with Crippen LogP contribution in [0.15, 0.2) is 34.2 Å². The molecule has 0 aliphatic carbocycles. The third kappa shape index (κ3) is 3.29. The fraction of sp³-hybridized carbons (Fsp3) is 0.312. The highest BCUT2D eigenvalue weighted by atomic mass is 32.1. The lowest BCUT2D eigenvalue weighted by Gasteiger charge is -2.06. The molecular formula is C16H12F3N3O2S. The van der Waals surface area contributed by atoms with Gasteiger partial charge in [-0.1, -0.05) is 17.3 Å². The van der Waals surface area contributed by atoms with Gasteiger partial charge in [-0.15, -0.1) is 11.3 Å². The number of halogens is 3. The van der Waals surface area contributed by atoms with E-state index in [-0.39, 0.29) is 5.92 Å². The Kier molecular flexibility index (Phi) is 4.04. The van der Waals surface area contributed by atoms with Gasteiger partial charge in [-0.2, -0.15) is 18.2 Å². The third-order valence-electron chi connectivity index (χ3n) is 3.92. The van der Waals surface area contributed by atoms with Crippen LogP contribution in [0, 0.1) is 0 Å². The molecule has 0 amide bonds. The van der Waals surface area contributed by atoms with Crippen molar-refractivity contribution >= 4 is 11.3 Å². The van der Waals surface area contributed by atoms with Gasteiger partial charge in [0.15, 0.2) is 5.82 Å². The molecule has 1 fully saturated rings. The van der Waals surface area contributed by atoms with E-state index in [4.69, 9.17) is 9.26 Å². The summed E-state index contributed by atoms with van der Waals surface area (Å²) < 4.78 is 48.4. The standard InChI is InChI=1S/C16H12F3N3O2S/c17-16(18,19)11-3-1-9(2-4-11)15-20-12(8-25-15)14-21-13(22-24-14)10-5-6-23-7-10/h1-4,8,10H,5-7H2. The molecule has 3 aromatic rings. The Morgan fingerprint density at radius 1 is 1.12 bits per heavy atom. The van der Waals surface area contributed by atoms with E-state index in [1.54, 1.807) is 5.38 Å². The van der Waals surface area contributed by atoms with Gasteiger partial charge in [0.2, 0.25) is 0 Å². The number of alkyl halides is 3. The zero-order valence-corrected chi connectivity index (χ0v) is 13.6. The summed E-state index contributed by atoms with van der Waals surface area (Å²) in [5, 5.41) is 6.30. The van der Waals surface area contributed by atoms with Crippen LogP contribution in [0.4, 0.5) is 13.2 Å². The smallest absolute Gasteiger partial charge is 0.381 e. The number of thiazole rings is 1. The van der Waals surface area contributed by atoms with Gasteiger partial charge in [-0.05, 0) is 18.6 Å². The van der Waals surface area contributed by atoms with Crippen molar-refractivity contribution in [2.24, 2.45) is 0 Å². The van der Waals surface area contributed by atoms with E-state index in [0.717, 1.165) is 18.6 Å². The van der Waals surface area contributed by atoms with Crippen molar-refractivity contribution in [1.29, 1.82) is 0 Å². The van der Waals surface area contributed by atoms with E-state index in [2.05, 4.69) is 15.1 Å². The van der Waals surface area contributed by atoms with E-state index in [0.29, 0.717) is 41.2 Å². The lowest BCUT2D eigenvalue weighted by atomic mass is 10.1. The molecule has 130 valence electrons. The van der Waals surface area contributed by atoms with Gasteiger partial charge < -0.3 is 9.26 Å². The van der Waals surface area contributed by atoms with Crippen LogP contribution in [0.5, 0.6) is 0 Å². The van der Waals surface area contributed by atoms with Crippen molar-refractivity contribution in [2.45, 2.75) is 18.5 Å². The third-order valence-corrected chi connectivity index (χ3v) is 4.81. The molecule has 9 heteroatoms. The summed E-state index contributed by atoms with van der Waals surface area (Å²) in [6.07, 6.45) is -3.50. The molecule has 1 unspecified atom stereocenters. The molecule has 0 bridgehead atoms. The van der Waals surface area contributed by atoms with Crippen molar-refractivity contribution in [1.82, 2.24) is 15.1 Å². The van der Waals surface area contributed by atoms with Gasteiger partial charge in [0.25, 0.3) is 5.89 Å². The highest BCUT2D eigenvalue weighted by molar-refractivity contribution is 7.13. The predicted octanol–water partition coefficient (Wildman–Crippen LogP) is 4.38. The average molecular weight is 367 g/mol. The quantitative estimate of drug-likeness (QED) is 0.687. The molecule has 2 aromatic heterocycles. The monoisotopic (exact) mass is 367 g/mol. The molecule has 1 atom stereocenters. The van der Waals surface area contributed by atoms with Gasteiger partial charge in [-0.3, -0.25) is 0 Å². The van der Waals surface area contributed by atoms with Gasteiger partial charge in [0, 0.05) is 23.5 Å². The summed E-state index contributed by atoms with van der Waals surface area (Å²) in [5.41, 5.74) is 0.430. The minimum Gasteiger partial charge on any atom is -0.381 e. The average Bonchev–Trinajstić information content (AvgIpc) is 3.33. The van der Waals surface area contributed by atoms with Gasteiger partial charge >= 0.3 is 6.18 Å². The SMILES string of the molecule is FC(F)(F)c1ccc(-c2nc(-c3nc(C4CCOC4)no3)cs2)cc1. The maximum Gasteiger partial charge on any atom is 0.416 e. The summed E-state index contributed by atoms with van der Waals surface area (Å²) in [6, 6.07) is 4.89. The molecule has 0 N–H and O–H groups in total. The van der Waals surface area contributed by atoms with Crippen LogP contribution >= 0.6 is 11.3 Å². The fourth-order valence-electron chi connectivity index (χ4n) is 2.55. The second kappa shape index (κ2) is 6.23. The van der Waals surface area contributed by atoms with Crippen LogP contribution in [-0.4, -0.2) is 28.3 Å². The summed E-state index contributed by atoms with van der Waals surface area (Å²) >= 11 is 1.31. The van der Waals surface area contributed by atoms with E-state index in [9.17, 15) is 13.2 Å². The molecular weight excluding hydrogens is 355 g/mol. The maximum atomic E-state index is 12.6. The van der Waals surface area contributed by atoms with Crippen LogP contribution in [0.3, 0.4) is 0 Å². The minimum absolute atomic E-state index is 0.130. The summed E-state index contributed by atoms with van der Waals surface area (Å²) in [6.45, 7) is 1.26. The van der Waals surface area contributed by atoms with Crippen LogP contribution in [0.2, 0.25) is 0 Å². The first kappa shape index (κ1) is 16.2. The van der Waals surface area contributed by atoms with E-state index >= 15 is 0 Å². The molecule has 1 aliphatic rings. The Morgan fingerprint density at radius 2 is 1.92 bits per heavy atom. The Morgan fingerprint density at radius 3 is 2.60 bits per heavy atom. The Hall–Kier alpha value is -2.26. The van der Waals surface area contributed by atoms with Crippen LogP contribution < -0.4 is 0 Å². The number of rotatable bonds is 3. The van der Waals surface area contributed by atoms with Crippen LogP contribution in [0.1, 0.15) is 23.7 Å². The second-order valence-electron chi connectivity index (χ2n) is 5.63. The summed E-state index contributed by atoms with van der Waals surface area (Å²) in [4.78, 5) is 8.75. The first-order valence-corrected chi connectivity index (χ1v) is 8.43. The maximum absolute atomic E-state index is 12.6. The Bertz CT molecular complexity index is 867. The molecule has 5 nitrogen and oxygen atoms in total. The van der Waals surface area contributed by atoms with Crippen molar-refractivity contribution < 1.29 is 22.4 Å². The minimum atomic E-state index is -4.35. The summed E-state index contributed by atoms with van der Waals surface area (Å²) in [7, 11) is 0. The molecule has 25 heavy (non-hydrogen) atoms.